The number of hydrogen-bond donors (Lipinski definition) is 1. The van der Waals surface area contributed by atoms with Gasteiger partial charge in [0, 0.05) is 19.8 Å². The SMILES string of the molecule is CCOC(Cn1cc(C(=O)NCCC2CCCCC2)nn1)OCC. The zero-order valence-corrected chi connectivity index (χ0v) is 14.9. The molecule has 2 rings (SSSR count). The number of aromatic nitrogens is 3. The summed E-state index contributed by atoms with van der Waals surface area (Å²) in [5.74, 6) is 0.592. The van der Waals surface area contributed by atoms with Gasteiger partial charge in [-0.1, -0.05) is 37.3 Å². The van der Waals surface area contributed by atoms with Gasteiger partial charge >= 0.3 is 0 Å². The molecule has 0 unspecified atom stereocenters. The molecule has 1 aliphatic carbocycles. The smallest absolute Gasteiger partial charge is 0.273 e. The molecule has 0 aromatic carbocycles. The third-order valence-electron chi connectivity index (χ3n) is 4.38. The zero-order chi connectivity index (χ0) is 17.2. The summed E-state index contributed by atoms with van der Waals surface area (Å²) < 4.78 is 12.5. The van der Waals surface area contributed by atoms with Crippen LogP contribution >= 0.6 is 0 Å². The average Bonchev–Trinajstić information content (AvgIpc) is 3.05. The highest BCUT2D eigenvalue weighted by Crippen LogP contribution is 2.25. The van der Waals surface area contributed by atoms with Gasteiger partial charge in [0.25, 0.3) is 5.91 Å². The molecule has 0 aliphatic heterocycles. The Kier molecular flexibility index (Phi) is 8.18. The first kappa shape index (κ1) is 18.9. The van der Waals surface area contributed by atoms with Crippen molar-refractivity contribution in [3.05, 3.63) is 11.9 Å². The lowest BCUT2D eigenvalue weighted by atomic mass is 9.87. The highest BCUT2D eigenvalue weighted by atomic mass is 16.7. The molecule has 0 bridgehead atoms. The van der Waals surface area contributed by atoms with Crippen LogP contribution in [0.2, 0.25) is 0 Å². The van der Waals surface area contributed by atoms with E-state index in [0.29, 0.717) is 32.0 Å². The van der Waals surface area contributed by atoms with Crippen LogP contribution < -0.4 is 5.32 Å². The van der Waals surface area contributed by atoms with Crippen LogP contribution in [0.25, 0.3) is 0 Å². The molecule has 24 heavy (non-hydrogen) atoms. The van der Waals surface area contributed by atoms with Gasteiger partial charge in [-0.25, -0.2) is 4.68 Å². The molecule has 136 valence electrons. The molecular weight excluding hydrogens is 308 g/mol. The summed E-state index contributed by atoms with van der Waals surface area (Å²) in [6.07, 6.45) is 8.92. The predicted molar refractivity (Wildman–Crippen MR) is 90.6 cm³/mol. The number of carbonyl (C=O) groups is 1. The molecule has 1 aromatic heterocycles. The Balaban J connectivity index is 1.75. The van der Waals surface area contributed by atoms with Crippen LogP contribution in [0.4, 0.5) is 0 Å². The summed E-state index contributed by atoms with van der Waals surface area (Å²) in [5, 5.41) is 10.9. The maximum Gasteiger partial charge on any atom is 0.273 e. The van der Waals surface area contributed by atoms with Crippen molar-refractivity contribution in [2.45, 2.75) is 65.2 Å². The van der Waals surface area contributed by atoms with E-state index in [4.69, 9.17) is 9.47 Å². The first-order valence-electron chi connectivity index (χ1n) is 9.14. The van der Waals surface area contributed by atoms with Gasteiger partial charge in [0.05, 0.1) is 12.7 Å². The number of carbonyl (C=O) groups excluding carboxylic acids is 1. The Morgan fingerprint density at radius 1 is 1.29 bits per heavy atom. The fourth-order valence-electron chi connectivity index (χ4n) is 3.13. The molecule has 1 aliphatic rings. The number of nitrogens with one attached hydrogen (secondary N) is 1. The van der Waals surface area contributed by atoms with E-state index in [-0.39, 0.29) is 12.2 Å². The van der Waals surface area contributed by atoms with Gasteiger partial charge in [0.15, 0.2) is 12.0 Å². The Morgan fingerprint density at radius 3 is 2.67 bits per heavy atom. The standard InChI is InChI=1S/C17H30N4O3/c1-3-23-16(24-4-2)13-21-12-15(19-20-21)17(22)18-11-10-14-8-6-5-7-9-14/h12,14,16H,3-11,13H2,1-2H3,(H,18,22). The Bertz CT molecular complexity index is 480. The fourth-order valence-corrected chi connectivity index (χ4v) is 3.13. The maximum absolute atomic E-state index is 12.1. The van der Waals surface area contributed by atoms with Crippen molar-refractivity contribution >= 4 is 5.91 Å². The minimum absolute atomic E-state index is 0.165. The van der Waals surface area contributed by atoms with Crippen LogP contribution in [-0.2, 0) is 16.0 Å². The van der Waals surface area contributed by atoms with Gasteiger partial charge in [-0.3, -0.25) is 4.79 Å². The van der Waals surface area contributed by atoms with Crippen LogP contribution in [0.5, 0.6) is 0 Å². The van der Waals surface area contributed by atoms with Gasteiger partial charge in [-0.2, -0.15) is 0 Å². The average molecular weight is 338 g/mol. The topological polar surface area (TPSA) is 78.3 Å². The van der Waals surface area contributed by atoms with E-state index in [1.54, 1.807) is 10.9 Å². The van der Waals surface area contributed by atoms with Gasteiger partial charge in [0.1, 0.15) is 0 Å². The minimum atomic E-state index is -0.371. The van der Waals surface area contributed by atoms with Crippen LogP contribution in [0.15, 0.2) is 6.20 Å². The van der Waals surface area contributed by atoms with Crippen molar-refractivity contribution in [2.75, 3.05) is 19.8 Å². The van der Waals surface area contributed by atoms with E-state index in [9.17, 15) is 4.79 Å². The lowest BCUT2D eigenvalue weighted by molar-refractivity contribution is -0.145. The Hall–Kier alpha value is -1.47. The highest BCUT2D eigenvalue weighted by Gasteiger charge is 2.16. The second-order valence-electron chi connectivity index (χ2n) is 6.21. The van der Waals surface area contributed by atoms with Gasteiger partial charge < -0.3 is 14.8 Å². The number of rotatable bonds is 10. The second-order valence-corrected chi connectivity index (χ2v) is 6.21. The summed E-state index contributed by atoms with van der Waals surface area (Å²) in [5.41, 5.74) is 0.338. The van der Waals surface area contributed by atoms with E-state index < -0.39 is 0 Å². The Labute approximate surface area is 144 Å². The lowest BCUT2D eigenvalue weighted by Crippen LogP contribution is -2.27. The molecule has 0 spiro atoms. The van der Waals surface area contributed by atoms with Gasteiger partial charge in [-0.05, 0) is 26.2 Å². The van der Waals surface area contributed by atoms with Crippen molar-refractivity contribution in [1.82, 2.24) is 20.3 Å². The largest absolute Gasteiger partial charge is 0.351 e. The molecule has 1 saturated carbocycles. The first-order valence-corrected chi connectivity index (χ1v) is 9.14. The maximum atomic E-state index is 12.1. The fraction of sp³-hybridized carbons (Fsp3) is 0.824. The van der Waals surface area contributed by atoms with Crippen molar-refractivity contribution < 1.29 is 14.3 Å². The minimum Gasteiger partial charge on any atom is -0.351 e. The quantitative estimate of drug-likeness (QED) is 0.663. The van der Waals surface area contributed by atoms with Crippen LogP contribution in [0.1, 0.15) is 62.9 Å². The van der Waals surface area contributed by atoms with Crippen molar-refractivity contribution in [2.24, 2.45) is 5.92 Å². The summed E-state index contributed by atoms with van der Waals surface area (Å²) in [4.78, 5) is 12.1. The van der Waals surface area contributed by atoms with Crippen molar-refractivity contribution in [1.29, 1.82) is 0 Å². The number of amides is 1. The summed E-state index contributed by atoms with van der Waals surface area (Å²) in [6, 6.07) is 0. The van der Waals surface area contributed by atoms with E-state index in [0.717, 1.165) is 12.3 Å². The zero-order valence-electron chi connectivity index (χ0n) is 14.9. The lowest BCUT2D eigenvalue weighted by Gasteiger charge is -2.21. The number of hydrogen-bond acceptors (Lipinski definition) is 5. The van der Waals surface area contributed by atoms with Gasteiger partial charge in [0.2, 0.25) is 0 Å². The third kappa shape index (κ3) is 6.20. The molecular formula is C17H30N4O3. The molecule has 1 aromatic rings. The molecule has 1 fully saturated rings. The number of nitrogens with zero attached hydrogens (tertiary/aromatic N) is 3. The predicted octanol–water partition coefficient (Wildman–Crippen LogP) is 2.38. The molecule has 0 saturated heterocycles. The van der Waals surface area contributed by atoms with Crippen LogP contribution in [0, 0.1) is 5.92 Å². The van der Waals surface area contributed by atoms with E-state index >= 15 is 0 Å². The molecule has 1 amide bonds. The molecule has 0 radical (unpaired) electrons. The van der Waals surface area contributed by atoms with Crippen LogP contribution in [0.3, 0.4) is 0 Å². The Morgan fingerprint density at radius 2 is 2.00 bits per heavy atom. The van der Waals surface area contributed by atoms with Crippen molar-refractivity contribution in [3.8, 4) is 0 Å². The summed E-state index contributed by atoms with van der Waals surface area (Å²) in [7, 11) is 0. The molecule has 0 atom stereocenters. The third-order valence-corrected chi connectivity index (χ3v) is 4.38. The van der Waals surface area contributed by atoms with E-state index in [2.05, 4.69) is 15.6 Å². The molecule has 7 heteroatoms. The first-order chi connectivity index (χ1) is 11.7. The molecule has 1 N–H and O–H groups in total. The number of ether oxygens (including phenoxy) is 2. The van der Waals surface area contributed by atoms with Crippen molar-refractivity contribution in [3.63, 3.8) is 0 Å². The van der Waals surface area contributed by atoms with Gasteiger partial charge in [-0.15, -0.1) is 5.10 Å². The van der Waals surface area contributed by atoms with E-state index in [1.165, 1.54) is 32.1 Å². The van der Waals surface area contributed by atoms with E-state index in [1.807, 2.05) is 13.8 Å². The van der Waals surface area contributed by atoms with Crippen LogP contribution in [-0.4, -0.2) is 46.9 Å². The second kappa shape index (κ2) is 10.4. The monoisotopic (exact) mass is 338 g/mol. The highest BCUT2D eigenvalue weighted by molar-refractivity contribution is 5.91. The normalized spacial score (nSPS) is 15.8. The summed E-state index contributed by atoms with van der Waals surface area (Å²) >= 11 is 0. The molecule has 7 nitrogen and oxygen atoms in total. The molecule has 1 heterocycles. The summed E-state index contributed by atoms with van der Waals surface area (Å²) in [6.45, 7) is 6.08.